The van der Waals surface area contributed by atoms with Crippen molar-refractivity contribution >= 4 is 11.8 Å². The molecule has 1 saturated heterocycles. The number of likely N-dealkylation sites (tertiary alicyclic amines) is 1. The van der Waals surface area contributed by atoms with Crippen LogP contribution in [0.1, 0.15) is 57.2 Å². The first-order valence-electron chi connectivity index (χ1n) is 10.2. The van der Waals surface area contributed by atoms with Gasteiger partial charge in [0, 0.05) is 45.7 Å². The standard InChI is InChI=1S/C22H33N3O2/c1-16(2)24-12-10-19(11-13-24)23(4)22(27)15-21-20-8-6-5-7-18(20)9-14-25(21)17(3)26/h5-8,16,19,21H,9-15H2,1-4H3. The molecular weight excluding hydrogens is 338 g/mol. The number of benzene rings is 1. The fourth-order valence-corrected chi connectivity index (χ4v) is 4.55. The quantitative estimate of drug-likeness (QED) is 0.817. The van der Waals surface area contributed by atoms with Crippen LogP contribution in [0, 0.1) is 0 Å². The average molecular weight is 372 g/mol. The summed E-state index contributed by atoms with van der Waals surface area (Å²) in [7, 11) is 1.94. The van der Waals surface area contributed by atoms with Crippen molar-refractivity contribution in [2.24, 2.45) is 0 Å². The zero-order chi connectivity index (χ0) is 19.6. The normalized spacial score (nSPS) is 21.2. The van der Waals surface area contributed by atoms with Crippen molar-refractivity contribution in [3.05, 3.63) is 35.4 Å². The monoisotopic (exact) mass is 371 g/mol. The average Bonchev–Trinajstić information content (AvgIpc) is 2.67. The molecule has 2 amide bonds. The van der Waals surface area contributed by atoms with Gasteiger partial charge in [-0.15, -0.1) is 0 Å². The van der Waals surface area contributed by atoms with E-state index in [-0.39, 0.29) is 17.9 Å². The van der Waals surface area contributed by atoms with Crippen molar-refractivity contribution < 1.29 is 9.59 Å². The Kier molecular flexibility index (Phi) is 6.20. The SMILES string of the molecule is CC(=O)N1CCc2ccccc2C1CC(=O)N(C)C1CCN(C(C)C)CC1. The number of hydrogen-bond acceptors (Lipinski definition) is 3. The second-order valence-electron chi connectivity index (χ2n) is 8.25. The van der Waals surface area contributed by atoms with Gasteiger partial charge in [0.25, 0.3) is 0 Å². The summed E-state index contributed by atoms with van der Waals surface area (Å²) in [4.78, 5) is 31.5. The Balaban J connectivity index is 1.69. The van der Waals surface area contributed by atoms with Crippen LogP contribution >= 0.6 is 0 Å². The minimum absolute atomic E-state index is 0.0511. The highest BCUT2D eigenvalue weighted by Gasteiger charge is 2.33. The fourth-order valence-electron chi connectivity index (χ4n) is 4.55. The summed E-state index contributed by atoms with van der Waals surface area (Å²) in [5, 5.41) is 0. The zero-order valence-electron chi connectivity index (χ0n) is 17.1. The maximum Gasteiger partial charge on any atom is 0.224 e. The van der Waals surface area contributed by atoms with Crippen molar-refractivity contribution in [3.8, 4) is 0 Å². The molecule has 5 nitrogen and oxygen atoms in total. The van der Waals surface area contributed by atoms with Gasteiger partial charge in [0.15, 0.2) is 0 Å². The van der Waals surface area contributed by atoms with Crippen LogP contribution in [0.5, 0.6) is 0 Å². The van der Waals surface area contributed by atoms with E-state index in [1.54, 1.807) is 6.92 Å². The Hall–Kier alpha value is -1.88. The van der Waals surface area contributed by atoms with Crippen LogP contribution < -0.4 is 0 Å². The van der Waals surface area contributed by atoms with Crippen LogP contribution in [-0.4, -0.2) is 65.3 Å². The highest BCUT2D eigenvalue weighted by molar-refractivity contribution is 5.80. The number of carbonyl (C=O) groups excluding carboxylic acids is 2. The number of fused-ring (bicyclic) bond motifs is 1. The van der Waals surface area contributed by atoms with E-state index < -0.39 is 0 Å². The molecule has 0 N–H and O–H groups in total. The molecule has 0 radical (unpaired) electrons. The van der Waals surface area contributed by atoms with E-state index in [0.29, 0.717) is 25.0 Å². The Bertz CT molecular complexity index is 680. The predicted octanol–water partition coefficient (Wildman–Crippen LogP) is 2.85. The third-order valence-electron chi connectivity index (χ3n) is 6.36. The van der Waals surface area contributed by atoms with Crippen LogP contribution in [-0.2, 0) is 16.0 Å². The minimum Gasteiger partial charge on any atom is -0.343 e. The van der Waals surface area contributed by atoms with E-state index in [1.165, 1.54) is 5.56 Å². The summed E-state index contributed by atoms with van der Waals surface area (Å²) in [5.74, 6) is 0.196. The first-order chi connectivity index (χ1) is 12.9. The predicted molar refractivity (Wildman–Crippen MR) is 107 cm³/mol. The van der Waals surface area contributed by atoms with Gasteiger partial charge >= 0.3 is 0 Å². The van der Waals surface area contributed by atoms with Gasteiger partial charge in [-0.1, -0.05) is 24.3 Å². The van der Waals surface area contributed by atoms with Crippen molar-refractivity contribution in [2.45, 2.75) is 64.6 Å². The molecule has 2 heterocycles. The molecule has 1 atom stereocenters. The van der Waals surface area contributed by atoms with Crippen LogP contribution in [0.15, 0.2) is 24.3 Å². The third-order valence-corrected chi connectivity index (χ3v) is 6.36. The lowest BCUT2D eigenvalue weighted by Gasteiger charge is -2.40. The highest BCUT2D eigenvalue weighted by atomic mass is 16.2. The number of hydrogen-bond donors (Lipinski definition) is 0. The molecular formula is C22H33N3O2. The van der Waals surface area contributed by atoms with Crippen molar-refractivity contribution in [1.82, 2.24) is 14.7 Å². The number of carbonyl (C=O) groups is 2. The summed E-state index contributed by atoms with van der Waals surface area (Å²) >= 11 is 0. The highest BCUT2D eigenvalue weighted by Crippen LogP contribution is 2.33. The molecule has 148 valence electrons. The maximum absolute atomic E-state index is 13.1. The molecule has 27 heavy (non-hydrogen) atoms. The fraction of sp³-hybridized carbons (Fsp3) is 0.636. The Labute approximate surface area is 163 Å². The van der Waals surface area contributed by atoms with E-state index in [4.69, 9.17) is 0 Å². The zero-order valence-corrected chi connectivity index (χ0v) is 17.1. The molecule has 2 aliphatic heterocycles. The molecule has 5 heteroatoms. The van der Waals surface area contributed by atoms with Gasteiger partial charge in [-0.25, -0.2) is 0 Å². The van der Waals surface area contributed by atoms with E-state index in [9.17, 15) is 9.59 Å². The minimum atomic E-state index is -0.141. The summed E-state index contributed by atoms with van der Waals surface area (Å²) < 4.78 is 0. The molecule has 0 aliphatic carbocycles. The lowest BCUT2D eigenvalue weighted by Crippen LogP contribution is -2.48. The number of nitrogens with zero attached hydrogens (tertiary/aromatic N) is 3. The second-order valence-corrected chi connectivity index (χ2v) is 8.25. The van der Waals surface area contributed by atoms with Gasteiger partial charge in [-0.2, -0.15) is 0 Å². The summed E-state index contributed by atoms with van der Waals surface area (Å²) in [6.45, 7) is 8.85. The van der Waals surface area contributed by atoms with Gasteiger partial charge in [-0.05, 0) is 44.2 Å². The lowest BCUT2D eigenvalue weighted by atomic mass is 9.90. The van der Waals surface area contributed by atoms with Crippen molar-refractivity contribution in [2.75, 3.05) is 26.7 Å². The summed E-state index contributed by atoms with van der Waals surface area (Å²) in [5.41, 5.74) is 2.40. The molecule has 0 spiro atoms. The summed E-state index contributed by atoms with van der Waals surface area (Å²) in [6, 6.07) is 8.96. The first kappa shape index (κ1) is 19.9. The summed E-state index contributed by atoms with van der Waals surface area (Å²) in [6.07, 6.45) is 3.29. The van der Waals surface area contributed by atoms with Crippen LogP contribution in [0.3, 0.4) is 0 Å². The largest absolute Gasteiger partial charge is 0.343 e. The second kappa shape index (κ2) is 8.42. The van der Waals surface area contributed by atoms with Crippen molar-refractivity contribution in [1.29, 1.82) is 0 Å². The molecule has 1 unspecified atom stereocenters. The van der Waals surface area contributed by atoms with E-state index in [2.05, 4.69) is 30.9 Å². The Morgan fingerprint density at radius 1 is 1.15 bits per heavy atom. The molecule has 0 saturated carbocycles. The van der Waals surface area contributed by atoms with Crippen LogP contribution in [0.4, 0.5) is 0 Å². The topological polar surface area (TPSA) is 43.9 Å². The van der Waals surface area contributed by atoms with Crippen molar-refractivity contribution in [3.63, 3.8) is 0 Å². The molecule has 0 bridgehead atoms. The van der Waals surface area contributed by atoms with Crippen LogP contribution in [0.2, 0.25) is 0 Å². The Morgan fingerprint density at radius 2 is 1.81 bits per heavy atom. The molecule has 1 aromatic carbocycles. The van der Waals surface area contributed by atoms with Gasteiger partial charge in [0.2, 0.25) is 11.8 Å². The van der Waals surface area contributed by atoms with Crippen LogP contribution in [0.25, 0.3) is 0 Å². The third kappa shape index (κ3) is 4.34. The van der Waals surface area contributed by atoms with Gasteiger partial charge in [0.1, 0.15) is 0 Å². The van der Waals surface area contributed by atoms with E-state index in [0.717, 1.165) is 37.9 Å². The van der Waals surface area contributed by atoms with Gasteiger partial charge in [-0.3, -0.25) is 9.59 Å². The lowest BCUT2D eigenvalue weighted by molar-refractivity contribution is -0.137. The number of amides is 2. The van der Waals surface area contributed by atoms with Gasteiger partial charge < -0.3 is 14.7 Å². The smallest absolute Gasteiger partial charge is 0.224 e. The first-order valence-corrected chi connectivity index (χ1v) is 10.2. The molecule has 3 rings (SSSR count). The van der Waals surface area contributed by atoms with E-state index >= 15 is 0 Å². The molecule has 1 fully saturated rings. The number of rotatable bonds is 4. The maximum atomic E-state index is 13.1. The number of piperidine rings is 1. The molecule has 1 aromatic rings. The molecule has 0 aromatic heterocycles. The van der Waals surface area contributed by atoms with E-state index in [1.807, 2.05) is 29.0 Å². The molecule has 2 aliphatic rings. The Morgan fingerprint density at radius 3 is 2.44 bits per heavy atom. The van der Waals surface area contributed by atoms with Gasteiger partial charge in [0.05, 0.1) is 12.5 Å².